The molecule has 2 N–H and O–H groups in total. The molecule has 2 amide bonds. The molecule has 3 fully saturated rings. The number of hydrogen-bond acceptors (Lipinski definition) is 6. The lowest BCUT2D eigenvalue weighted by Gasteiger charge is -2.37. The first kappa shape index (κ1) is 34.8. The molecule has 3 aliphatic carbocycles. The van der Waals surface area contributed by atoms with E-state index < -0.39 is 58.7 Å². The van der Waals surface area contributed by atoms with Gasteiger partial charge in [0.1, 0.15) is 11.4 Å². The third-order valence-electron chi connectivity index (χ3n) is 9.71. The maximum absolute atomic E-state index is 15.1. The van der Waals surface area contributed by atoms with Crippen molar-refractivity contribution in [1.29, 1.82) is 0 Å². The molecule has 2 bridgehead atoms. The van der Waals surface area contributed by atoms with Crippen molar-refractivity contribution >= 4 is 17.8 Å². The molecule has 8 nitrogen and oxygen atoms in total. The number of alkyl halides is 3. The first-order valence-electron chi connectivity index (χ1n) is 15.7. The monoisotopic (exact) mass is 642 g/mol. The number of esters is 1. The van der Waals surface area contributed by atoms with Gasteiger partial charge in [0.25, 0.3) is 5.91 Å². The number of rotatable bonds is 9. The number of carbonyl (C=O) groups excluding carboxylic acids is 3. The molecule has 12 heteroatoms. The number of carbonyl (C=O) groups is 3. The fourth-order valence-electron chi connectivity index (χ4n) is 6.73. The van der Waals surface area contributed by atoms with Gasteiger partial charge in [0.2, 0.25) is 5.91 Å². The predicted molar refractivity (Wildman–Crippen MR) is 158 cm³/mol. The van der Waals surface area contributed by atoms with Crippen molar-refractivity contribution in [3.05, 3.63) is 23.5 Å². The van der Waals surface area contributed by atoms with Crippen LogP contribution in [-0.2, 0) is 14.3 Å². The van der Waals surface area contributed by atoms with Gasteiger partial charge in [0.05, 0.1) is 35.5 Å². The average Bonchev–Trinajstić information content (AvgIpc) is 3.54. The number of nitrogens with one attached hydrogen (secondary N) is 2. The van der Waals surface area contributed by atoms with Gasteiger partial charge >= 0.3 is 12.1 Å². The Morgan fingerprint density at radius 1 is 0.956 bits per heavy atom. The topological polar surface area (TPSA) is 103 Å². The van der Waals surface area contributed by atoms with Crippen molar-refractivity contribution in [2.24, 2.45) is 28.6 Å². The Balaban J connectivity index is 1.45. The number of methoxy groups -OCH3 is 1. The van der Waals surface area contributed by atoms with E-state index in [4.69, 9.17) is 14.2 Å². The van der Waals surface area contributed by atoms with Crippen LogP contribution >= 0.6 is 0 Å². The summed E-state index contributed by atoms with van der Waals surface area (Å²) in [6, 6.07) is 1.76. The van der Waals surface area contributed by atoms with Crippen LogP contribution in [0.2, 0.25) is 0 Å². The zero-order valence-corrected chi connectivity index (χ0v) is 27.2. The summed E-state index contributed by atoms with van der Waals surface area (Å²) in [4.78, 5) is 39.6. The molecule has 45 heavy (non-hydrogen) atoms. The Bertz CT molecular complexity index is 1280. The minimum atomic E-state index is -4.49. The molecule has 0 unspecified atom stereocenters. The van der Waals surface area contributed by atoms with Crippen molar-refractivity contribution in [3.63, 3.8) is 0 Å². The van der Waals surface area contributed by atoms with Gasteiger partial charge in [0.15, 0.2) is 11.6 Å². The number of ether oxygens (including phenoxy) is 3. The van der Waals surface area contributed by atoms with Crippen molar-refractivity contribution in [2.75, 3.05) is 13.7 Å². The molecule has 0 aromatic heterocycles. The third kappa shape index (κ3) is 7.68. The highest BCUT2D eigenvalue weighted by molar-refractivity contribution is 5.98. The number of fused-ring (bicyclic) bond motifs is 2. The van der Waals surface area contributed by atoms with E-state index in [1.807, 2.05) is 27.7 Å². The zero-order valence-electron chi connectivity index (χ0n) is 27.2. The minimum Gasteiger partial charge on any atom is -0.496 e. The number of benzene rings is 1. The highest BCUT2D eigenvalue weighted by Crippen LogP contribution is 2.49. The van der Waals surface area contributed by atoms with Gasteiger partial charge in [-0.3, -0.25) is 14.4 Å². The van der Waals surface area contributed by atoms with Gasteiger partial charge in [-0.25, -0.2) is 4.39 Å². The normalized spacial score (nSPS) is 28.4. The standard InChI is InChI=1S/C33H46F4N2O6/c1-30(2,3)45-29(42)32(6)12-10-20(11-13-32)44-24-15-21(23(43-7)16-22(24)34)27(40)39-26-19-9-8-18(14-19)25(26)28(41)38-17-31(4,5)33(35,36)37/h15-16,18-20,25-26H,8-14,17H2,1-7H3,(H,38,41)(H,39,40)/t18-,19+,20?,25+,26-,32?/m1/s1. The summed E-state index contributed by atoms with van der Waals surface area (Å²) in [6.07, 6.45) is -0.709. The Hall–Kier alpha value is -3.05. The molecule has 4 atom stereocenters. The van der Waals surface area contributed by atoms with E-state index in [0.29, 0.717) is 32.1 Å². The second kappa shape index (κ2) is 12.6. The van der Waals surface area contributed by atoms with Gasteiger partial charge in [-0.15, -0.1) is 0 Å². The highest BCUT2D eigenvalue weighted by Gasteiger charge is 2.53. The SMILES string of the molecule is COc1cc(F)c(OC2CCC(C)(C(=O)OC(C)(C)C)CC2)cc1C(=O)N[C@@H]1[C@H]2CC[C@H](C2)[C@@H]1C(=O)NCC(C)(C)C(F)(F)F. The lowest BCUT2D eigenvalue weighted by molar-refractivity contribution is -0.209. The Morgan fingerprint density at radius 2 is 1.58 bits per heavy atom. The van der Waals surface area contributed by atoms with Crippen LogP contribution in [0.15, 0.2) is 12.1 Å². The molecule has 0 aliphatic heterocycles. The van der Waals surface area contributed by atoms with Gasteiger partial charge in [0, 0.05) is 18.7 Å². The number of amides is 2. The summed E-state index contributed by atoms with van der Waals surface area (Å²) < 4.78 is 72.1. The molecule has 3 aliphatic rings. The molecule has 4 rings (SSSR count). The first-order valence-corrected chi connectivity index (χ1v) is 15.7. The van der Waals surface area contributed by atoms with Gasteiger partial charge in [-0.05, 0) is 104 Å². The van der Waals surface area contributed by atoms with E-state index in [0.717, 1.165) is 32.8 Å². The van der Waals surface area contributed by atoms with Crippen molar-refractivity contribution < 1.29 is 46.2 Å². The lowest BCUT2D eigenvalue weighted by atomic mass is 9.74. The molecule has 1 aromatic carbocycles. The van der Waals surface area contributed by atoms with Crippen molar-refractivity contribution in [1.82, 2.24) is 10.6 Å². The van der Waals surface area contributed by atoms with Crippen LogP contribution in [0.25, 0.3) is 0 Å². The van der Waals surface area contributed by atoms with E-state index in [9.17, 15) is 27.6 Å². The van der Waals surface area contributed by atoms with Crippen LogP contribution < -0.4 is 20.1 Å². The molecular formula is C33H46F4N2O6. The Labute approximate surface area is 262 Å². The maximum Gasteiger partial charge on any atom is 0.395 e. The fourth-order valence-corrected chi connectivity index (χ4v) is 6.73. The maximum atomic E-state index is 15.1. The zero-order chi connectivity index (χ0) is 33.5. The minimum absolute atomic E-state index is 0.00554. The summed E-state index contributed by atoms with van der Waals surface area (Å²) >= 11 is 0. The van der Waals surface area contributed by atoms with Crippen LogP contribution in [0.3, 0.4) is 0 Å². The Kier molecular flexibility index (Phi) is 9.77. The molecule has 0 spiro atoms. The summed E-state index contributed by atoms with van der Waals surface area (Å²) in [5.74, 6) is -3.00. The van der Waals surface area contributed by atoms with E-state index in [1.165, 1.54) is 13.2 Å². The number of hydrogen-bond donors (Lipinski definition) is 2. The van der Waals surface area contributed by atoms with E-state index in [2.05, 4.69) is 10.6 Å². The van der Waals surface area contributed by atoms with Gasteiger partial charge < -0.3 is 24.8 Å². The average molecular weight is 643 g/mol. The van der Waals surface area contributed by atoms with Crippen molar-refractivity contribution in [2.45, 2.75) is 110 Å². The van der Waals surface area contributed by atoms with E-state index >= 15 is 4.39 Å². The predicted octanol–water partition coefficient (Wildman–Crippen LogP) is 6.35. The second-order valence-corrected chi connectivity index (χ2v) is 14.8. The molecule has 1 aromatic rings. The third-order valence-corrected chi connectivity index (χ3v) is 9.71. The lowest BCUT2D eigenvalue weighted by Crippen LogP contribution is -2.52. The van der Waals surface area contributed by atoms with Crippen LogP contribution in [0.1, 0.15) is 96.8 Å². The summed E-state index contributed by atoms with van der Waals surface area (Å²) in [5, 5.41) is 5.39. The van der Waals surface area contributed by atoms with Crippen LogP contribution in [0, 0.1) is 34.4 Å². The summed E-state index contributed by atoms with van der Waals surface area (Å²) in [7, 11) is 1.31. The Morgan fingerprint density at radius 3 is 2.16 bits per heavy atom. The van der Waals surface area contributed by atoms with Gasteiger partial charge in [-0.2, -0.15) is 13.2 Å². The van der Waals surface area contributed by atoms with Crippen LogP contribution in [-0.4, -0.2) is 55.4 Å². The molecule has 0 radical (unpaired) electrons. The molecule has 0 saturated heterocycles. The van der Waals surface area contributed by atoms with Crippen LogP contribution in [0.4, 0.5) is 17.6 Å². The quantitative estimate of drug-likeness (QED) is 0.240. The fraction of sp³-hybridized carbons (Fsp3) is 0.727. The highest BCUT2D eigenvalue weighted by atomic mass is 19.4. The van der Waals surface area contributed by atoms with Crippen LogP contribution in [0.5, 0.6) is 11.5 Å². The summed E-state index contributed by atoms with van der Waals surface area (Å²) in [6.45, 7) is 8.78. The molecular weight excluding hydrogens is 596 g/mol. The van der Waals surface area contributed by atoms with E-state index in [1.54, 1.807) is 0 Å². The molecule has 0 heterocycles. The number of halogens is 4. The smallest absolute Gasteiger partial charge is 0.395 e. The largest absolute Gasteiger partial charge is 0.496 e. The van der Waals surface area contributed by atoms with Crippen molar-refractivity contribution in [3.8, 4) is 11.5 Å². The van der Waals surface area contributed by atoms with E-state index in [-0.39, 0.29) is 41.0 Å². The summed E-state index contributed by atoms with van der Waals surface area (Å²) in [5.41, 5.74) is -3.38. The molecule has 252 valence electrons. The second-order valence-electron chi connectivity index (χ2n) is 14.8. The van der Waals surface area contributed by atoms with Gasteiger partial charge in [-0.1, -0.05) is 0 Å². The first-order chi connectivity index (χ1) is 20.7. The molecule has 3 saturated carbocycles.